The third-order valence-corrected chi connectivity index (χ3v) is 4.39. The van der Waals surface area contributed by atoms with E-state index in [-0.39, 0.29) is 5.75 Å². The zero-order valence-electron chi connectivity index (χ0n) is 12.6. The van der Waals surface area contributed by atoms with Gasteiger partial charge in [0.05, 0.1) is 16.8 Å². The van der Waals surface area contributed by atoms with Gasteiger partial charge in [-0.05, 0) is 35.7 Å². The minimum absolute atomic E-state index is 0.283. The van der Waals surface area contributed by atoms with Gasteiger partial charge < -0.3 is 4.74 Å². The molecule has 0 N–H and O–H groups in total. The van der Waals surface area contributed by atoms with E-state index in [2.05, 4.69) is 14.8 Å². The highest BCUT2D eigenvalue weighted by Gasteiger charge is 2.31. The van der Waals surface area contributed by atoms with Crippen LogP contribution < -0.4 is 4.74 Å². The highest BCUT2D eigenvalue weighted by atomic mass is 32.1. The number of hydrogen-bond donors (Lipinski definition) is 0. The number of aromatic nitrogens is 3. The van der Waals surface area contributed by atoms with Gasteiger partial charge in [0.1, 0.15) is 11.4 Å². The average Bonchev–Trinajstić information content (AvgIpc) is 3.22. The summed E-state index contributed by atoms with van der Waals surface area (Å²) in [5, 5.41) is 6.51. The molecule has 8 heteroatoms. The number of ether oxygens (including phenoxy) is 1. The van der Waals surface area contributed by atoms with Crippen molar-refractivity contribution < 1.29 is 17.9 Å². The molecule has 4 nitrogen and oxygen atoms in total. The fraction of sp³-hybridized carbons (Fsp3) is 0.0588. The molecule has 3 aromatic heterocycles. The smallest absolute Gasteiger partial charge is 0.406 e. The van der Waals surface area contributed by atoms with Crippen molar-refractivity contribution in [3.8, 4) is 27.6 Å². The van der Waals surface area contributed by atoms with E-state index in [1.807, 2.05) is 29.6 Å². The summed E-state index contributed by atoms with van der Waals surface area (Å²) >= 11 is 1.56. The minimum Gasteiger partial charge on any atom is -0.406 e. The van der Waals surface area contributed by atoms with Gasteiger partial charge in [0.2, 0.25) is 0 Å². The van der Waals surface area contributed by atoms with Crippen molar-refractivity contribution >= 4 is 17.0 Å². The van der Waals surface area contributed by atoms with Crippen LogP contribution in [0.4, 0.5) is 13.2 Å². The highest BCUT2D eigenvalue weighted by molar-refractivity contribution is 7.13. The average molecular weight is 361 g/mol. The number of hydrogen-bond acceptors (Lipinski definition) is 4. The molecule has 0 fully saturated rings. The molecule has 0 atom stereocenters. The second-order valence-electron chi connectivity index (χ2n) is 5.18. The zero-order valence-corrected chi connectivity index (χ0v) is 13.4. The van der Waals surface area contributed by atoms with Gasteiger partial charge in [0.25, 0.3) is 0 Å². The Labute approximate surface area is 144 Å². The van der Waals surface area contributed by atoms with Gasteiger partial charge in [0, 0.05) is 5.56 Å². The summed E-state index contributed by atoms with van der Waals surface area (Å²) in [6.45, 7) is 0. The molecule has 4 aromatic rings. The summed E-state index contributed by atoms with van der Waals surface area (Å²) in [4.78, 5) is 5.26. The summed E-state index contributed by atoms with van der Waals surface area (Å²) in [5.41, 5.74) is 2.49. The minimum atomic E-state index is -4.73. The fourth-order valence-electron chi connectivity index (χ4n) is 2.48. The topological polar surface area (TPSA) is 39.4 Å². The summed E-state index contributed by atoms with van der Waals surface area (Å²) in [6, 6.07) is 13.3. The van der Waals surface area contributed by atoms with Crippen molar-refractivity contribution in [2.24, 2.45) is 0 Å². The van der Waals surface area contributed by atoms with Crippen LogP contribution in [-0.4, -0.2) is 21.0 Å². The first-order valence-corrected chi connectivity index (χ1v) is 8.12. The van der Waals surface area contributed by atoms with Crippen molar-refractivity contribution in [2.45, 2.75) is 6.36 Å². The molecular formula is C17H10F3N3OS. The van der Waals surface area contributed by atoms with Crippen LogP contribution in [-0.2, 0) is 0 Å². The maximum absolute atomic E-state index is 12.4. The van der Waals surface area contributed by atoms with Gasteiger partial charge in [-0.25, -0.2) is 9.50 Å². The maximum atomic E-state index is 12.4. The van der Waals surface area contributed by atoms with E-state index in [1.165, 1.54) is 18.2 Å². The molecule has 1 aromatic carbocycles. The number of alkyl halides is 3. The van der Waals surface area contributed by atoms with Crippen LogP contribution in [0.3, 0.4) is 0 Å². The van der Waals surface area contributed by atoms with E-state index in [4.69, 9.17) is 0 Å². The summed E-state index contributed by atoms with van der Waals surface area (Å²) in [5.74, 6) is -0.283. The highest BCUT2D eigenvalue weighted by Crippen LogP contribution is 2.29. The Balaban J connectivity index is 1.79. The standard InChI is InChI=1S/C17H10F3N3OS/c18-17(19,20)24-12-4-1-3-11(9-12)14-10-21-16-7-6-13(22-23(14)16)15-5-2-8-25-15/h1-10H. The summed E-state index contributed by atoms with van der Waals surface area (Å²) < 4.78 is 42.9. The SMILES string of the molecule is FC(F)(F)Oc1cccc(-c2cnc3ccc(-c4cccs4)nn23)c1. The van der Waals surface area contributed by atoms with E-state index in [1.54, 1.807) is 28.1 Å². The van der Waals surface area contributed by atoms with Crippen LogP contribution in [0.1, 0.15) is 0 Å². The lowest BCUT2D eigenvalue weighted by Crippen LogP contribution is -2.17. The van der Waals surface area contributed by atoms with Crippen LogP contribution in [0.25, 0.3) is 27.5 Å². The first-order valence-electron chi connectivity index (χ1n) is 7.24. The second kappa shape index (κ2) is 5.89. The molecule has 25 heavy (non-hydrogen) atoms. The lowest BCUT2D eigenvalue weighted by atomic mass is 10.1. The van der Waals surface area contributed by atoms with E-state index in [0.717, 1.165) is 10.6 Å². The predicted octanol–water partition coefficient (Wildman–Crippen LogP) is 5.02. The summed E-state index contributed by atoms with van der Waals surface area (Å²) in [7, 11) is 0. The lowest BCUT2D eigenvalue weighted by molar-refractivity contribution is -0.274. The molecular weight excluding hydrogens is 351 g/mol. The first kappa shape index (κ1) is 15.6. The molecule has 0 aliphatic carbocycles. The lowest BCUT2D eigenvalue weighted by Gasteiger charge is -2.10. The number of nitrogens with zero attached hydrogens (tertiary/aromatic N) is 3. The molecule has 0 radical (unpaired) electrons. The maximum Gasteiger partial charge on any atom is 0.573 e. The van der Waals surface area contributed by atoms with E-state index in [0.29, 0.717) is 16.9 Å². The number of benzene rings is 1. The third-order valence-electron chi connectivity index (χ3n) is 3.50. The number of halogens is 3. The Morgan fingerprint density at radius 3 is 2.68 bits per heavy atom. The summed E-state index contributed by atoms with van der Waals surface area (Å²) in [6.07, 6.45) is -3.16. The molecule has 0 bridgehead atoms. The Kier molecular flexibility index (Phi) is 3.69. The number of imidazole rings is 1. The van der Waals surface area contributed by atoms with Crippen LogP contribution in [0.15, 0.2) is 60.1 Å². The molecule has 126 valence electrons. The van der Waals surface area contributed by atoms with Gasteiger partial charge >= 0.3 is 6.36 Å². The number of rotatable bonds is 3. The van der Waals surface area contributed by atoms with E-state index in [9.17, 15) is 13.2 Å². The van der Waals surface area contributed by atoms with Gasteiger partial charge in [-0.1, -0.05) is 18.2 Å². The molecule has 0 aliphatic heterocycles. The van der Waals surface area contributed by atoms with Crippen molar-refractivity contribution in [3.05, 3.63) is 60.1 Å². The third kappa shape index (κ3) is 3.20. The molecule has 3 heterocycles. The second-order valence-corrected chi connectivity index (χ2v) is 6.13. The quantitative estimate of drug-likeness (QED) is 0.514. The molecule has 0 unspecified atom stereocenters. The predicted molar refractivity (Wildman–Crippen MR) is 88.4 cm³/mol. The molecule has 4 rings (SSSR count). The van der Waals surface area contributed by atoms with Crippen molar-refractivity contribution in [1.29, 1.82) is 0 Å². The van der Waals surface area contributed by atoms with Crippen LogP contribution >= 0.6 is 11.3 Å². The Hall–Kier alpha value is -2.87. The zero-order chi connectivity index (χ0) is 17.4. The van der Waals surface area contributed by atoms with Crippen LogP contribution in [0.2, 0.25) is 0 Å². The fourth-order valence-corrected chi connectivity index (χ4v) is 3.17. The monoisotopic (exact) mass is 361 g/mol. The Morgan fingerprint density at radius 1 is 1.04 bits per heavy atom. The molecule has 0 saturated carbocycles. The first-order chi connectivity index (χ1) is 12.0. The normalized spacial score (nSPS) is 11.8. The van der Waals surface area contributed by atoms with Gasteiger partial charge in [0.15, 0.2) is 5.65 Å². The Morgan fingerprint density at radius 2 is 1.92 bits per heavy atom. The van der Waals surface area contributed by atoms with Crippen LogP contribution in [0.5, 0.6) is 5.75 Å². The van der Waals surface area contributed by atoms with Crippen molar-refractivity contribution in [3.63, 3.8) is 0 Å². The number of fused-ring (bicyclic) bond motifs is 1. The molecule has 0 amide bonds. The van der Waals surface area contributed by atoms with Crippen molar-refractivity contribution in [2.75, 3.05) is 0 Å². The molecule has 0 spiro atoms. The molecule has 0 aliphatic rings. The van der Waals surface area contributed by atoms with Gasteiger partial charge in [-0.2, -0.15) is 5.10 Å². The van der Waals surface area contributed by atoms with Crippen molar-refractivity contribution in [1.82, 2.24) is 14.6 Å². The van der Waals surface area contributed by atoms with Gasteiger partial charge in [-0.3, -0.25) is 0 Å². The number of thiophene rings is 1. The Bertz CT molecular complexity index is 1030. The largest absolute Gasteiger partial charge is 0.573 e. The van der Waals surface area contributed by atoms with E-state index < -0.39 is 6.36 Å². The van der Waals surface area contributed by atoms with E-state index >= 15 is 0 Å². The van der Waals surface area contributed by atoms with Gasteiger partial charge in [-0.15, -0.1) is 24.5 Å². The molecule has 0 saturated heterocycles. The van der Waals surface area contributed by atoms with Crippen LogP contribution in [0, 0.1) is 0 Å².